The van der Waals surface area contributed by atoms with E-state index in [1.807, 2.05) is 5.48 Å². The normalized spacial score (nSPS) is 18.6. The monoisotopic (exact) mass is 300 g/mol. The molecule has 0 saturated carbocycles. The van der Waals surface area contributed by atoms with Crippen molar-refractivity contribution in [3.8, 4) is 0 Å². The largest absolute Gasteiger partial charge is 0.465 e. The summed E-state index contributed by atoms with van der Waals surface area (Å²) < 4.78 is 31.1. The second kappa shape index (κ2) is 5.57. The van der Waals surface area contributed by atoms with Crippen molar-refractivity contribution in [3.63, 3.8) is 0 Å². The van der Waals surface area contributed by atoms with E-state index in [-0.39, 0.29) is 17.1 Å². The van der Waals surface area contributed by atoms with Crippen molar-refractivity contribution in [2.75, 3.05) is 13.7 Å². The maximum atomic E-state index is 12.2. The van der Waals surface area contributed by atoms with Gasteiger partial charge in [0.25, 0.3) is 5.91 Å². The molecule has 9 heteroatoms. The number of rotatable bonds is 4. The molecule has 0 bridgehead atoms. The molecule has 1 aromatic carbocycles. The van der Waals surface area contributed by atoms with Crippen molar-refractivity contribution in [1.82, 2.24) is 10.2 Å². The summed E-state index contributed by atoms with van der Waals surface area (Å²) in [7, 11) is -2.90. The minimum atomic E-state index is -4.05. The predicted octanol–water partition coefficient (Wildman–Crippen LogP) is -0.819. The van der Waals surface area contributed by atoms with Crippen LogP contribution < -0.4 is 10.2 Å². The number of carbonyl (C=O) groups is 2. The van der Waals surface area contributed by atoms with Crippen LogP contribution in [0, 0.1) is 0 Å². The number of carbonyl (C=O) groups excluding carboxylic acids is 2. The highest BCUT2D eigenvalue weighted by molar-refractivity contribution is 7.89. The van der Waals surface area contributed by atoms with Gasteiger partial charge in [-0.3, -0.25) is 9.63 Å². The average molecular weight is 300 g/mol. The number of hydrogen-bond donors (Lipinski definition) is 2. The van der Waals surface area contributed by atoms with Crippen molar-refractivity contribution in [1.29, 1.82) is 0 Å². The fourth-order valence-electron chi connectivity index (χ4n) is 1.66. The number of benzene rings is 1. The Labute approximate surface area is 115 Å². The molecule has 1 aliphatic heterocycles. The molecular formula is C11H12N2O6S. The zero-order valence-electron chi connectivity index (χ0n) is 10.5. The van der Waals surface area contributed by atoms with Gasteiger partial charge in [-0.05, 0) is 12.1 Å². The standard InChI is InChI=1S/C11H12N2O6S/c1-18-11(15)7-4-2-3-5-9(7)20(16,17)13-8-6-19-12-10(8)14/h2-5,8,13H,6H2,1H3,(H,12,14)/t8-/m1/s1. The van der Waals surface area contributed by atoms with Crippen LogP contribution in [0.3, 0.4) is 0 Å². The minimum Gasteiger partial charge on any atom is -0.465 e. The molecule has 0 aliphatic carbocycles. The van der Waals surface area contributed by atoms with E-state index in [4.69, 9.17) is 0 Å². The van der Waals surface area contributed by atoms with Crippen LogP contribution in [0.1, 0.15) is 10.4 Å². The highest BCUT2D eigenvalue weighted by atomic mass is 32.2. The number of ether oxygens (including phenoxy) is 1. The lowest BCUT2D eigenvalue weighted by molar-refractivity contribution is -0.124. The van der Waals surface area contributed by atoms with Gasteiger partial charge in [-0.1, -0.05) is 12.1 Å². The zero-order chi connectivity index (χ0) is 14.8. The van der Waals surface area contributed by atoms with Crippen LogP contribution in [0.4, 0.5) is 0 Å². The van der Waals surface area contributed by atoms with Crippen molar-refractivity contribution in [3.05, 3.63) is 29.8 Å². The molecule has 1 amide bonds. The molecule has 0 spiro atoms. The van der Waals surface area contributed by atoms with Gasteiger partial charge in [-0.15, -0.1) is 0 Å². The van der Waals surface area contributed by atoms with E-state index < -0.39 is 27.9 Å². The van der Waals surface area contributed by atoms with E-state index >= 15 is 0 Å². The molecule has 0 radical (unpaired) electrons. The van der Waals surface area contributed by atoms with Crippen LogP contribution in [0.2, 0.25) is 0 Å². The maximum absolute atomic E-state index is 12.2. The van der Waals surface area contributed by atoms with Gasteiger partial charge in [-0.2, -0.15) is 4.72 Å². The molecule has 1 saturated heterocycles. The van der Waals surface area contributed by atoms with E-state index in [1.165, 1.54) is 24.3 Å². The van der Waals surface area contributed by atoms with Crippen molar-refractivity contribution in [2.24, 2.45) is 0 Å². The number of hydroxylamine groups is 1. The van der Waals surface area contributed by atoms with Gasteiger partial charge in [0.15, 0.2) is 0 Å². The molecule has 8 nitrogen and oxygen atoms in total. The first kappa shape index (κ1) is 14.4. The number of esters is 1. The summed E-state index contributed by atoms with van der Waals surface area (Å²) in [6, 6.07) is 4.52. The number of hydrogen-bond acceptors (Lipinski definition) is 6. The van der Waals surface area contributed by atoms with E-state index in [2.05, 4.69) is 14.3 Å². The Morgan fingerprint density at radius 3 is 2.75 bits per heavy atom. The number of amides is 1. The summed E-state index contributed by atoms with van der Waals surface area (Å²) in [5.41, 5.74) is 1.93. The van der Waals surface area contributed by atoms with Crippen LogP contribution in [0.15, 0.2) is 29.2 Å². The highest BCUT2D eigenvalue weighted by Crippen LogP contribution is 2.17. The van der Waals surface area contributed by atoms with E-state index in [1.54, 1.807) is 0 Å². The third kappa shape index (κ3) is 2.79. The molecule has 0 unspecified atom stereocenters. The predicted molar refractivity (Wildman–Crippen MR) is 66.0 cm³/mol. The lowest BCUT2D eigenvalue weighted by atomic mass is 10.2. The van der Waals surface area contributed by atoms with Gasteiger partial charge < -0.3 is 4.74 Å². The van der Waals surface area contributed by atoms with Gasteiger partial charge >= 0.3 is 5.97 Å². The molecule has 0 aromatic heterocycles. The van der Waals surface area contributed by atoms with Crippen LogP contribution in [0.25, 0.3) is 0 Å². The molecule has 2 rings (SSSR count). The number of nitrogens with one attached hydrogen (secondary N) is 2. The molecule has 1 aromatic rings. The van der Waals surface area contributed by atoms with Gasteiger partial charge in [0.05, 0.1) is 17.6 Å². The van der Waals surface area contributed by atoms with Gasteiger partial charge in [0.1, 0.15) is 12.6 Å². The Balaban J connectivity index is 2.34. The smallest absolute Gasteiger partial charge is 0.339 e. The van der Waals surface area contributed by atoms with Gasteiger partial charge in [-0.25, -0.2) is 18.7 Å². The molecule has 1 atom stereocenters. The van der Waals surface area contributed by atoms with Crippen molar-refractivity contribution in [2.45, 2.75) is 10.9 Å². The lowest BCUT2D eigenvalue weighted by Gasteiger charge is -2.12. The first-order chi connectivity index (χ1) is 9.45. The summed E-state index contributed by atoms with van der Waals surface area (Å²) >= 11 is 0. The fourth-order valence-corrected chi connectivity index (χ4v) is 3.04. The van der Waals surface area contributed by atoms with Crippen molar-refractivity contribution < 1.29 is 27.6 Å². The Morgan fingerprint density at radius 2 is 2.15 bits per heavy atom. The molecule has 2 N–H and O–H groups in total. The van der Waals surface area contributed by atoms with E-state index in [0.717, 1.165) is 7.11 Å². The Hall–Kier alpha value is -1.97. The first-order valence-corrected chi connectivity index (χ1v) is 7.05. The summed E-state index contributed by atoms with van der Waals surface area (Å²) in [5, 5.41) is 0. The Kier molecular flexibility index (Phi) is 4.02. The second-order valence-corrected chi connectivity index (χ2v) is 5.62. The fraction of sp³-hybridized carbons (Fsp3) is 0.273. The minimum absolute atomic E-state index is 0.109. The third-order valence-electron chi connectivity index (χ3n) is 2.62. The summed E-state index contributed by atoms with van der Waals surface area (Å²) in [6.45, 7) is -0.127. The van der Waals surface area contributed by atoms with Crippen LogP contribution in [0.5, 0.6) is 0 Å². The Morgan fingerprint density at radius 1 is 1.45 bits per heavy atom. The molecule has 20 heavy (non-hydrogen) atoms. The molecule has 1 fully saturated rings. The molecule has 1 heterocycles. The average Bonchev–Trinajstić information content (AvgIpc) is 2.83. The number of methoxy groups -OCH3 is 1. The number of sulfonamides is 1. The molecular weight excluding hydrogens is 288 g/mol. The topological polar surface area (TPSA) is 111 Å². The molecule has 1 aliphatic rings. The van der Waals surface area contributed by atoms with Crippen molar-refractivity contribution >= 4 is 21.9 Å². The van der Waals surface area contributed by atoms with Crippen LogP contribution in [-0.4, -0.2) is 40.1 Å². The SMILES string of the molecule is COC(=O)c1ccccc1S(=O)(=O)N[C@@H]1CONC1=O. The van der Waals surface area contributed by atoms with E-state index in [9.17, 15) is 18.0 Å². The van der Waals surface area contributed by atoms with Gasteiger partial charge in [0.2, 0.25) is 10.0 Å². The van der Waals surface area contributed by atoms with Gasteiger partial charge in [0, 0.05) is 0 Å². The van der Waals surface area contributed by atoms with Crippen LogP contribution in [-0.2, 0) is 24.4 Å². The second-order valence-electron chi connectivity index (χ2n) is 3.94. The van der Waals surface area contributed by atoms with E-state index in [0.29, 0.717) is 0 Å². The molecule has 108 valence electrons. The summed E-state index contributed by atoms with van der Waals surface area (Å²) in [6.07, 6.45) is 0. The first-order valence-electron chi connectivity index (χ1n) is 5.57. The summed E-state index contributed by atoms with van der Waals surface area (Å²) in [5.74, 6) is -1.37. The maximum Gasteiger partial charge on any atom is 0.339 e. The summed E-state index contributed by atoms with van der Waals surface area (Å²) in [4.78, 5) is 27.2. The third-order valence-corrected chi connectivity index (χ3v) is 4.15. The highest BCUT2D eigenvalue weighted by Gasteiger charge is 2.32. The lowest BCUT2D eigenvalue weighted by Crippen LogP contribution is -2.42. The van der Waals surface area contributed by atoms with Crippen LogP contribution >= 0.6 is 0 Å². The Bertz CT molecular complexity index is 642. The zero-order valence-corrected chi connectivity index (χ0v) is 11.3. The quantitative estimate of drug-likeness (QED) is 0.703.